The van der Waals surface area contributed by atoms with E-state index in [0.717, 1.165) is 0 Å². The van der Waals surface area contributed by atoms with Crippen molar-refractivity contribution in [2.45, 2.75) is 31.0 Å². The highest BCUT2D eigenvalue weighted by atomic mass is 31.1. The molecule has 2 aromatic heterocycles. The molecule has 5 N–H and O–H groups in total. The molecule has 1 saturated heterocycles. The SMILES string of the molecule is CNc1nc(N)nc2c1ncn2[C@@H]1O[C@H](CO[PH](C)=O)[C@@H](O)[C@@]1(C)O. The molecule has 5 atom stereocenters. The Morgan fingerprint density at radius 3 is 2.92 bits per heavy atom. The Labute approximate surface area is 144 Å². The van der Waals surface area contributed by atoms with Gasteiger partial charge in [-0.25, -0.2) is 4.98 Å². The van der Waals surface area contributed by atoms with Gasteiger partial charge in [0.25, 0.3) is 0 Å². The van der Waals surface area contributed by atoms with Crippen LogP contribution in [0.15, 0.2) is 6.33 Å². The van der Waals surface area contributed by atoms with Crippen LogP contribution >= 0.6 is 8.03 Å². The first kappa shape index (κ1) is 18.0. The fraction of sp³-hybridized carbons (Fsp3) is 0.615. The molecule has 2 aromatic rings. The number of anilines is 2. The number of ether oxygens (including phenoxy) is 1. The van der Waals surface area contributed by atoms with E-state index in [1.54, 1.807) is 7.05 Å². The number of nitrogen functional groups attached to an aromatic ring is 1. The van der Waals surface area contributed by atoms with Crippen molar-refractivity contribution in [1.82, 2.24) is 19.5 Å². The summed E-state index contributed by atoms with van der Waals surface area (Å²) in [6.45, 7) is 2.77. The second-order valence-electron chi connectivity index (χ2n) is 6.00. The van der Waals surface area contributed by atoms with E-state index < -0.39 is 32.1 Å². The zero-order chi connectivity index (χ0) is 18.4. The number of hydrogen-bond donors (Lipinski definition) is 4. The van der Waals surface area contributed by atoms with E-state index in [2.05, 4.69) is 20.3 Å². The van der Waals surface area contributed by atoms with Gasteiger partial charge in [-0.3, -0.25) is 9.13 Å². The largest absolute Gasteiger partial charge is 0.387 e. The van der Waals surface area contributed by atoms with Crippen LogP contribution in [0, 0.1) is 0 Å². The second kappa shape index (κ2) is 6.50. The minimum atomic E-state index is -2.19. The molecule has 0 aromatic carbocycles. The predicted octanol–water partition coefficient (Wildman–Crippen LogP) is -0.419. The van der Waals surface area contributed by atoms with Crippen LogP contribution in [0.4, 0.5) is 11.8 Å². The van der Waals surface area contributed by atoms with Crippen LogP contribution < -0.4 is 11.1 Å². The summed E-state index contributed by atoms with van der Waals surface area (Å²) in [7, 11) is -0.515. The molecule has 138 valence electrons. The molecule has 1 aliphatic rings. The van der Waals surface area contributed by atoms with E-state index in [4.69, 9.17) is 15.0 Å². The van der Waals surface area contributed by atoms with Crippen molar-refractivity contribution in [3.8, 4) is 0 Å². The topological polar surface area (TPSA) is 158 Å². The maximum atomic E-state index is 11.2. The van der Waals surface area contributed by atoms with E-state index in [1.165, 1.54) is 24.5 Å². The summed E-state index contributed by atoms with van der Waals surface area (Å²) in [6.07, 6.45) is -1.66. The Bertz CT molecular complexity index is 812. The Morgan fingerprint density at radius 1 is 1.56 bits per heavy atom. The van der Waals surface area contributed by atoms with Crippen molar-refractivity contribution >= 4 is 31.0 Å². The average Bonchev–Trinajstić information content (AvgIpc) is 3.05. The molecule has 0 aliphatic carbocycles. The first-order valence-electron chi connectivity index (χ1n) is 7.62. The Kier molecular flexibility index (Phi) is 4.69. The average molecular weight is 372 g/mol. The molecule has 0 saturated carbocycles. The summed E-state index contributed by atoms with van der Waals surface area (Å²) in [4.78, 5) is 12.4. The highest BCUT2D eigenvalue weighted by Crippen LogP contribution is 2.40. The van der Waals surface area contributed by atoms with E-state index in [0.29, 0.717) is 17.0 Å². The van der Waals surface area contributed by atoms with Gasteiger partial charge >= 0.3 is 0 Å². The van der Waals surface area contributed by atoms with Crippen molar-refractivity contribution in [2.24, 2.45) is 0 Å². The van der Waals surface area contributed by atoms with Gasteiger partial charge in [0.05, 0.1) is 12.9 Å². The fourth-order valence-electron chi connectivity index (χ4n) is 2.86. The van der Waals surface area contributed by atoms with Crippen LogP contribution in [0.2, 0.25) is 0 Å². The number of nitrogens with two attached hydrogens (primary N) is 1. The highest BCUT2D eigenvalue weighted by Gasteiger charge is 2.53. The van der Waals surface area contributed by atoms with E-state index >= 15 is 0 Å². The molecule has 12 heteroatoms. The van der Waals surface area contributed by atoms with Gasteiger partial charge < -0.3 is 30.5 Å². The second-order valence-corrected chi connectivity index (χ2v) is 7.28. The van der Waals surface area contributed by atoms with Gasteiger partial charge in [-0.2, -0.15) is 9.97 Å². The zero-order valence-electron chi connectivity index (χ0n) is 14.0. The van der Waals surface area contributed by atoms with Crippen LogP contribution in [0.25, 0.3) is 11.2 Å². The number of fused-ring (bicyclic) bond motifs is 1. The van der Waals surface area contributed by atoms with Gasteiger partial charge in [-0.1, -0.05) is 0 Å². The molecule has 11 nitrogen and oxygen atoms in total. The van der Waals surface area contributed by atoms with Crippen LogP contribution in [0.3, 0.4) is 0 Å². The molecule has 25 heavy (non-hydrogen) atoms. The molecule has 1 aliphatic heterocycles. The third-order valence-electron chi connectivity index (χ3n) is 4.13. The number of aliphatic hydroxyl groups excluding tert-OH is 1. The van der Waals surface area contributed by atoms with E-state index in [-0.39, 0.29) is 12.6 Å². The number of aliphatic hydroxyl groups is 2. The van der Waals surface area contributed by atoms with Crippen LogP contribution in [-0.4, -0.2) is 67.9 Å². The summed E-state index contributed by atoms with van der Waals surface area (Å²) < 4.78 is 23.5. The van der Waals surface area contributed by atoms with Gasteiger partial charge in [-0.05, 0) is 6.92 Å². The summed E-state index contributed by atoms with van der Waals surface area (Å²) in [5.74, 6) is 0.463. The van der Waals surface area contributed by atoms with Crippen molar-refractivity contribution in [2.75, 3.05) is 31.4 Å². The van der Waals surface area contributed by atoms with Crippen molar-refractivity contribution in [1.29, 1.82) is 0 Å². The number of aromatic nitrogens is 4. The maximum Gasteiger partial charge on any atom is 0.224 e. The Hall–Kier alpha value is -1.78. The molecule has 3 rings (SSSR count). The van der Waals surface area contributed by atoms with Gasteiger partial charge in [0.2, 0.25) is 5.95 Å². The summed E-state index contributed by atoms with van der Waals surface area (Å²) in [5.41, 5.74) is 4.87. The lowest BCUT2D eigenvalue weighted by Crippen LogP contribution is -2.44. The third kappa shape index (κ3) is 3.09. The zero-order valence-corrected chi connectivity index (χ0v) is 15.0. The first-order valence-corrected chi connectivity index (χ1v) is 9.44. The summed E-state index contributed by atoms with van der Waals surface area (Å²) >= 11 is 0. The molecule has 1 fully saturated rings. The van der Waals surface area contributed by atoms with Crippen molar-refractivity contribution < 1.29 is 24.0 Å². The van der Waals surface area contributed by atoms with E-state index in [1.807, 2.05) is 0 Å². The van der Waals surface area contributed by atoms with Gasteiger partial charge in [0.15, 0.2) is 31.2 Å². The quantitative estimate of drug-likeness (QED) is 0.508. The lowest BCUT2D eigenvalue weighted by atomic mass is 9.96. The number of rotatable bonds is 5. The molecule has 0 radical (unpaired) electrons. The highest BCUT2D eigenvalue weighted by molar-refractivity contribution is 7.38. The summed E-state index contributed by atoms with van der Waals surface area (Å²) in [6, 6.07) is 0. The minimum Gasteiger partial charge on any atom is -0.387 e. The minimum absolute atomic E-state index is 0.0289. The number of imidazole rings is 1. The molecular weight excluding hydrogens is 351 g/mol. The van der Waals surface area contributed by atoms with Crippen LogP contribution in [0.5, 0.6) is 0 Å². The molecule has 1 unspecified atom stereocenters. The lowest BCUT2D eigenvalue weighted by Gasteiger charge is -2.27. The predicted molar refractivity (Wildman–Crippen MR) is 90.7 cm³/mol. The first-order chi connectivity index (χ1) is 11.8. The Morgan fingerprint density at radius 2 is 2.28 bits per heavy atom. The number of nitrogens with one attached hydrogen (secondary N) is 1. The van der Waals surface area contributed by atoms with Crippen LogP contribution in [0.1, 0.15) is 13.2 Å². The lowest BCUT2D eigenvalue weighted by molar-refractivity contribution is -0.0947. The molecule has 0 amide bonds. The van der Waals surface area contributed by atoms with Gasteiger partial charge in [-0.15, -0.1) is 0 Å². The molecule has 3 heterocycles. The standard InChI is InChI=1S/C13H21N6O5P/c1-13(21)8(20)6(4-23-25(3)22)24-11(13)19-5-16-7-9(15-2)17-12(14)18-10(7)19/h5-6,8,11,20-21,25H,4H2,1-3H3,(H3,14,15,17,18)/t6-,8-,11-,13-/m1/s1. The van der Waals surface area contributed by atoms with E-state index in [9.17, 15) is 14.8 Å². The third-order valence-corrected chi connectivity index (χ3v) is 4.71. The van der Waals surface area contributed by atoms with Crippen molar-refractivity contribution in [3.63, 3.8) is 0 Å². The van der Waals surface area contributed by atoms with Gasteiger partial charge in [0.1, 0.15) is 17.8 Å². The molecule has 0 spiro atoms. The Balaban J connectivity index is 1.99. The van der Waals surface area contributed by atoms with Crippen LogP contribution in [-0.2, 0) is 13.8 Å². The normalized spacial score (nSPS) is 30.7. The maximum absolute atomic E-state index is 11.2. The fourth-order valence-corrected chi connectivity index (χ4v) is 3.26. The molecule has 0 bridgehead atoms. The van der Waals surface area contributed by atoms with Gasteiger partial charge in [0, 0.05) is 13.7 Å². The monoisotopic (exact) mass is 372 g/mol. The smallest absolute Gasteiger partial charge is 0.224 e. The number of hydrogen-bond acceptors (Lipinski definition) is 10. The number of nitrogens with zero attached hydrogens (tertiary/aromatic N) is 4. The summed E-state index contributed by atoms with van der Waals surface area (Å²) in [5, 5.41) is 24.0. The molecular formula is C13H21N6O5P. The van der Waals surface area contributed by atoms with Crippen molar-refractivity contribution in [3.05, 3.63) is 6.33 Å².